The van der Waals surface area contributed by atoms with Gasteiger partial charge in [0.05, 0.1) is 5.56 Å². The summed E-state index contributed by atoms with van der Waals surface area (Å²) < 4.78 is 7.93. The van der Waals surface area contributed by atoms with E-state index in [4.69, 9.17) is 9.72 Å². The van der Waals surface area contributed by atoms with Crippen LogP contribution in [-0.4, -0.2) is 35.9 Å². The lowest BCUT2D eigenvalue weighted by Crippen LogP contribution is -2.06. The summed E-state index contributed by atoms with van der Waals surface area (Å²) in [5.41, 5.74) is 4.66. The van der Waals surface area contributed by atoms with Crippen LogP contribution >= 0.6 is 0 Å². The summed E-state index contributed by atoms with van der Waals surface area (Å²) in [6.45, 7) is 2.88. The van der Waals surface area contributed by atoms with Crippen LogP contribution in [0.25, 0.3) is 22.2 Å². The van der Waals surface area contributed by atoms with Crippen molar-refractivity contribution < 1.29 is 19.7 Å². The molecule has 3 aromatic carbocycles. The Morgan fingerprint density at radius 1 is 0.921 bits per heavy atom. The average molecular weight is 509 g/mol. The van der Waals surface area contributed by atoms with Crippen LogP contribution in [-0.2, 0) is 19.6 Å². The fraction of sp³-hybridized carbons (Fsp3) is 0.200. The second-order valence-corrected chi connectivity index (χ2v) is 9.07. The predicted octanol–water partition coefficient (Wildman–Crippen LogP) is 5.87. The second-order valence-electron chi connectivity index (χ2n) is 9.07. The van der Waals surface area contributed by atoms with Gasteiger partial charge in [-0.3, -0.25) is 0 Å². The summed E-state index contributed by atoms with van der Waals surface area (Å²) in [7, 11) is 0. The maximum atomic E-state index is 11.7. The number of aromatic carboxylic acids is 1. The number of unbranched alkanes of at least 4 members (excludes halogenated alkanes) is 1. The minimum atomic E-state index is -0.961. The van der Waals surface area contributed by atoms with Gasteiger partial charge < -0.3 is 19.5 Å². The van der Waals surface area contributed by atoms with E-state index in [0.717, 1.165) is 41.8 Å². The molecule has 38 heavy (non-hydrogen) atoms. The van der Waals surface area contributed by atoms with Gasteiger partial charge in [-0.2, -0.15) is 0 Å². The zero-order valence-corrected chi connectivity index (χ0v) is 21.0. The Labute approximate surface area is 220 Å². The minimum Gasteiger partial charge on any atom is -0.491 e. The average Bonchev–Trinajstić information content (AvgIpc) is 3.31. The van der Waals surface area contributed by atoms with Crippen molar-refractivity contribution >= 4 is 17.0 Å². The van der Waals surface area contributed by atoms with E-state index in [0.29, 0.717) is 29.7 Å². The number of aromatic nitrogens is 4. The van der Waals surface area contributed by atoms with Crippen molar-refractivity contribution in [3.05, 3.63) is 101 Å². The third-order valence-corrected chi connectivity index (χ3v) is 6.43. The van der Waals surface area contributed by atoms with Crippen LogP contribution in [0.1, 0.15) is 47.1 Å². The minimum absolute atomic E-state index is 0.200. The van der Waals surface area contributed by atoms with Crippen molar-refractivity contribution in [2.45, 2.75) is 39.3 Å². The van der Waals surface area contributed by atoms with E-state index < -0.39 is 5.97 Å². The largest absolute Gasteiger partial charge is 0.491 e. The van der Waals surface area contributed by atoms with Crippen molar-refractivity contribution in [3.8, 4) is 22.9 Å². The Balaban J connectivity index is 1.48. The van der Waals surface area contributed by atoms with E-state index in [-0.39, 0.29) is 17.3 Å². The molecular weight excluding hydrogens is 480 g/mol. The van der Waals surface area contributed by atoms with Gasteiger partial charge in [0.15, 0.2) is 5.52 Å². The molecular formula is C30H28N4O4. The Bertz CT molecular complexity index is 1560. The maximum Gasteiger partial charge on any atom is 0.336 e. The summed E-state index contributed by atoms with van der Waals surface area (Å²) >= 11 is 0. The van der Waals surface area contributed by atoms with Gasteiger partial charge in [0.2, 0.25) is 0 Å². The van der Waals surface area contributed by atoms with Gasteiger partial charge >= 0.3 is 5.97 Å². The van der Waals surface area contributed by atoms with E-state index in [9.17, 15) is 15.0 Å². The van der Waals surface area contributed by atoms with Gasteiger partial charge in [0.25, 0.3) is 11.8 Å². The van der Waals surface area contributed by atoms with Crippen LogP contribution in [0.2, 0.25) is 0 Å². The number of hydrogen-bond acceptors (Lipinski definition) is 6. The number of carboxylic acids is 1. The number of rotatable bonds is 10. The van der Waals surface area contributed by atoms with Crippen molar-refractivity contribution in [2.24, 2.45) is 0 Å². The highest BCUT2D eigenvalue weighted by atomic mass is 16.5. The Kier molecular flexibility index (Phi) is 7.31. The van der Waals surface area contributed by atoms with Crippen LogP contribution in [0.5, 0.6) is 11.8 Å². The molecule has 192 valence electrons. The molecule has 0 bridgehead atoms. The molecule has 0 amide bonds. The number of fused-ring (bicyclic) bond motifs is 1. The first kappa shape index (κ1) is 25.0. The van der Waals surface area contributed by atoms with Gasteiger partial charge in [0.1, 0.15) is 17.9 Å². The molecule has 0 saturated heterocycles. The first-order valence-electron chi connectivity index (χ1n) is 12.6. The number of ether oxygens (including phenoxy) is 1. The van der Waals surface area contributed by atoms with Crippen molar-refractivity contribution in [1.82, 2.24) is 19.7 Å². The number of benzene rings is 3. The summed E-state index contributed by atoms with van der Waals surface area (Å²) in [4.78, 5) is 16.5. The highest BCUT2D eigenvalue weighted by Crippen LogP contribution is 2.31. The lowest BCUT2D eigenvalue weighted by molar-refractivity contribution is 0.0697. The Morgan fingerprint density at radius 2 is 1.66 bits per heavy atom. The third kappa shape index (κ3) is 5.20. The normalized spacial score (nSPS) is 11.1. The molecule has 0 unspecified atom stereocenters. The molecule has 2 N–H and O–H groups in total. The third-order valence-electron chi connectivity index (χ3n) is 6.43. The molecule has 0 aliphatic carbocycles. The summed E-state index contributed by atoms with van der Waals surface area (Å²) in [5.74, 6) is -0.0677. The monoisotopic (exact) mass is 508 g/mol. The fourth-order valence-corrected chi connectivity index (χ4v) is 4.48. The topological polar surface area (TPSA) is 110 Å². The molecule has 8 heteroatoms. The smallest absolute Gasteiger partial charge is 0.336 e. The lowest BCUT2D eigenvalue weighted by atomic mass is 9.99. The maximum absolute atomic E-state index is 11.7. The van der Waals surface area contributed by atoms with Gasteiger partial charge in [0, 0.05) is 13.0 Å². The van der Waals surface area contributed by atoms with Crippen LogP contribution in [0.4, 0.5) is 0 Å². The first-order chi connectivity index (χ1) is 18.5. The molecule has 5 aromatic rings. The standard InChI is InChI=1S/C30H28N4O4/c1-2-3-13-25-31-26-27(28(35)32-33-29(26)38-19-21-9-5-4-6-10-21)34(25)18-20-14-16-22(17-15-20)23-11-7-8-12-24(23)30(36)37/h4-12,14-17H,2-3,13,18-19H2,1H3,(H,32,35)(H,36,37). The fourth-order valence-electron chi connectivity index (χ4n) is 4.48. The number of carbonyl (C=O) groups is 1. The van der Waals surface area contributed by atoms with Crippen molar-refractivity contribution in [2.75, 3.05) is 0 Å². The molecule has 0 aliphatic heterocycles. The van der Waals surface area contributed by atoms with Gasteiger partial charge in [-0.25, -0.2) is 9.78 Å². The van der Waals surface area contributed by atoms with Crippen LogP contribution < -0.4 is 4.74 Å². The number of imidazole rings is 1. The molecule has 2 heterocycles. The number of aromatic hydroxyl groups is 1. The van der Waals surface area contributed by atoms with Crippen LogP contribution in [0.15, 0.2) is 78.9 Å². The number of aryl methyl sites for hydroxylation is 1. The highest BCUT2D eigenvalue weighted by molar-refractivity contribution is 5.96. The van der Waals surface area contributed by atoms with E-state index in [1.54, 1.807) is 18.2 Å². The molecule has 0 spiro atoms. The first-order valence-corrected chi connectivity index (χ1v) is 12.6. The van der Waals surface area contributed by atoms with Crippen molar-refractivity contribution in [1.29, 1.82) is 0 Å². The zero-order valence-electron chi connectivity index (χ0n) is 21.0. The number of nitrogens with zero attached hydrogens (tertiary/aromatic N) is 4. The molecule has 0 radical (unpaired) electrons. The molecule has 0 saturated carbocycles. The Morgan fingerprint density at radius 3 is 2.39 bits per heavy atom. The van der Waals surface area contributed by atoms with E-state index in [1.165, 1.54) is 0 Å². The highest BCUT2D eigenvalue weighted by Gasteiger charge is 2.21. The summed E-state index contributed by atoms with van der Waals surface area (Å²) in [6.07, 6.45) is 2.67. The quantitative estimate of drug-likeness (QED) is 0.243. The van der Waals surface area contributed by atoms with Gasteiger partial charge in [-0.1, -0.05) is 86.1 Å². The Hall–Kier alpha value is -4.72. The van der Waals surface area contributed by atoms with Crippen LogP contribution in [0.3, 0.4) is 0 Å². The second kappa shape index (κ2) is 11.1. The summed E-state index contributed by atoms with van der Waals surface area (Å²) in [6, 6.07) is 24.5. The van der Waals surface area contributed by atoms with Crippen LogP contribution in [0, 0.1) is 0 Å². The molecule has 2 aromatic heterocycles. The molecule has 0 aliphatic rings. The van der Waals surface area contributed by atoms with Gasteiger partial charge in [-0.15, -0.1) is 10.2 Å². The number of carboxylic acid groups (broad SMARTS) is 1. The predicted molar refractivity (Wildman–Crippen MR) is 144 cm³/mol. The molecule has 0 atom stereocenters. The molecule has 5 rings (SSSR count). The SMILES string of the molecule is CCCCc1nc2c(OCc3ccccc3)nnc(O)c2n1Cc1ccc(-c2ccccc2C(=O)O)cc1. The molecule has 8 nitrogen and oxygen atoms in total. The van der Waals surface area contributed by atoms with Gasteiger partial charge in [-0.05, 0) is 34.7 Å². The van der Waals surface area contributed by atoms with E-state index >= 15 is 0 Å². The zero-order chi connectivity index (χ0) is 26.5. The van der Waals surface area contributed by atoms with Crippen molar-refractivity contribution in [3.63, 3.8) is 0 Å². The summed E-state index contributed by atoms with van der Waals surface area (Å²) in [5, 5.41) is 28.3. The van der Waals surface area contributed by atoms with E-state index in [1.807, 2.05) is 65.2 Å². The number of hydrogen-bond donors (Lipinski definition) is 2. The lowest BCUT2D eigenvalue weighted by Gasteiger charge is -2.12. The van der Waals surface area contributed by atoms with E-state index in [2.05, 4.69) is 17.1 Å². The molecule has 0 fully saturated rings.